The van der Waals surface area contributed by atoms with Crippen molar-refractivity contribution in [2.75, 3.05) is 6.54 Å². The van der Waals surface area contributed by atoms with E-state index in [0.717, 1.165) is 24.9 Å². The average Bonchev–Trinajstić information content (AvgIpc) is 2.90. The van der Waals surface area contributed by atoms with Crippen LogP contribution in [0, 0.1) is 5.41 Å². The van der Waals surface area contributed by atoms with Gasteiger partial charge < -0.3 is 16.4 Å². The molecule has 1 atom stereocenters. The Balaban J connectivity index is 1.86. The maximum atomic E-state index is 11.8. The monoisotopic (exact) mass is 246 g/mol. The van der Waals surface area contributed by atoms with E-state index in [2.05, 4.69) is 10.6 Å². The van der Waals surface area contributed by atoms with Crippen molar-refractivity contribution in [1.29, 1.82) is 5.41 Å². The van der Waals surface area contributed by atoms with Gasteiger partial charge in [-0.2, -0.15) is 0 Å². The lowest BCUT2D eigenvalue weighted by atomic mass is 10.1. The summed E-state index contributed by atoms with van der Waals surface area (Å²) in [5.74, 6) is 0.115. The van der Waals surface area contributed by atoms with Gasteiger partial charge in [0.25, 0.3) is 0 Å². The molecule has 0 radical (unpaired) electrons. The average molecular weight is 246 g/mol. The Morgan fingerprint density at radius 3 is 2.72 bits per heavy atom. The minimum absolute atomic E-state index is 0.0403. The smallest absolute Gasteiger partial charge is 0.237 e. The molecule has 0 saturated carbocycles. The zero-order valence-corrected chi connectivity index (χ0v) is 10.2. The van der Waals surface area contributed by atoms with E-state index in [1.807, 2.05) is 12.1 Å². The first-order valence-electron chi connectivity index (χ1n) is 6.11. The van der Waals surface area contributed by atoms with E-state index in [1.165, 1.54) is 0 Å². The lowest BCUT2D eigenvalue weighted by Gasteiger charge is -2.11. The predicted molar refractivity (Wildman–Crippen MR) is 70.3 cm³/mol. The molecular weight excluding hydrogens is 228 g/mol. The Kier molecular flexibility index (Phi) is 3.94. The van der Waals surface area contributed by atoms with E-state index in [9.17, 15) is 4.79 Å². The van der Waals surface area contributed by atoms with E-state index in [4.69, 9.17) is 11.1 Å². The second-order valence-electron chi connectivity index (χ2n) is 4.48. The van der Waals surface area contributed by atoms with E-state index < -0.39 is 0 Å². The minimum Gasteiger partial charge on any atom is -0.384 e. The molecule has 0 aliphatic carbocycles. The number of carbonyl (C=O) groups excluding carboxylic acids is 1. The number of rotatable bonds is 4. The summed E-state index contributed by atoms with van der Waals surface area (Å²) in [7, 11) is 0. The fourth-order valence-electron chi connectivity index (χ4n) is 2.02. The van der Waals surface area contributed by atoms with Crippen molar-refractivity contribution in [2.24, 2.45) is 5.73 Å². The molecule has 1 amide bonds. The molecule has 1 aromatic rings. The molecule has 0 bridgehead atoms. The number of hydrogen-bond donors (Lipinski definition) is 4. The molecule has 0 aromatic heterocycles. The first kappa shape index (κ1) is 12.6. The van der Waals surface area contributed by atoms with Crippen molar-refractivity contribution in [3.8, 4) is 0 Å². The van der Waals surface area contributed by atoms with Crippen molar-refractivity contribution >= 4 is 11.7 Å². The summed E-state index contributed by atoms with van der Waals surface area (Å²) in [6, 6.07) is 7.29. The van der Waals surface area contributed by atoms with Crippen LogP contribution in [0.2, 0.25) is 0 Å². The Hall–Kier alpha value is -1.88. The van der Waals surface area contributed by atoms with Crippen LogP contribution >= 0.6 is 0 Å². The lowest BCUT2D eigenvalue weighted by molar-refractivity contribution is -0.122. The molecule has 1 aliphatic heterocycles. The fraction of sp³-hybridized carbons (Fsp3) is 0.385. The summed E-state index contributed by atoms with van der Waals surface area (Å²) < 4.78 is 0. The third kappa shape index (κ3) is 3.07. The molecule has 1 saturated heterocycles. The number of carbonyl (C=O) groups is 1. The highest BCUT2D eigenvalue weighted by molar-refractivity contribution is 5.94. The van der Waals surface area contributed by atoms with Gasteiger partial charge in [0.05, 0.1) is 6.04 Å². The first-order valence-corrected chi connectivity index (χ1v) is 6.11. The van der Waals surface area contributed by atoms with Crippen molar-refractivity contribution in [3.05, 3.63) is 35.4 Å². The Morgan fingerprint density at radius 2 is 2.17 bits per heavy atom. The van der Waals surface area contributed by atoms with E-state index in [-0.39, 0.29) is 17.8 Å². The molecule has 1 aromatic carbocycles. The highest BCUT2D eigenvalue weighted by atomic mass is 16.2. The number of nitrogens with two attached hydrogens (primary N) is 1. The largest absolute Gasteiger partial charge is 0.384 e. The van der Waals surface area contributed by atoms with Crippen LogP contribution in [0.15, 0.2) is 24.3 Å². The molecule has 1 fully saturated rings. The van der Waals surface area contributed by atoms with Crippen molar-refractivity contribution in [3.63, 3.8) is 0 Å². The number of amidine groups is 1. The SMILES string of the molecule is N=C(N)c1ccc(CNC(=O)[C@H]2CCCN2)cc1. The van der Waals surface area contributed by atoms with Gasteiger partial charge in [0.2, 0.25) is 5.91 Å². The van der Waals surface area contributed by atoms with Crippen molar-refractivity contribution in [1.82, 2.24) is 10.6 Å². The Morgan fingerprint density at radius 1 is 1.44 bits per heavy atom. The molecule has 1 aliphatic rings. The lowest BCUT2D eigenvalue weighted by Crippen LogP contribution is -2.39. The van der Waals surface area contributed by atoms with Gasteiger partial charge in [0.15, 0.2) is 0 Å². The van der Waals surface area contributed by atoms with Crippen molar-refractivity contribution in [2.45, 2.75) is 25.4 Å². The summed E-state index contributed by atoms with van der Waals surface area (Å²) in [5, 5.41) is 13.4. The zero-order chi connectivity index (χ0) is 13.0. The number of benzene rings is 1. The molecule has 2 rings (SSSR count). The fourth-order valence-corrected chi connectivity index (χ4v) is 2.02. The standard InChI is InChI=1S/C13H18N4O/c14-12(15)10-5-3-9(4-6-10)8-17-13(18)11-2-1-7-16-11/h3-6,11,16H,1-2,7-8H2,(H3,14,15)(H,17,18)/t11-/m1/s1. The van der Waals surface area contributed by atoms with Gasteiger partial charge in [0, 0.05) is 12.1 Å². The number of nitrogen functional groups attached to an aromatic ring is 1. The van der Waals surface area contributed by atoms with E-state index in [1.54, 1.807) is 12.1 Å². The number of amides is 1. The van der Waals surface area contributed by atoms with Gasteiger partial charge in [-0.3, -0.25) is 10.2 Å². The van der Waals surface area contributed by atoms with Crippen LogP contribution in [0.25, 0.3) is 0 Å². The number of nitrogens with one attached hydrogen (secondary N) is 3. The Labute approximate surface area is 106 Å². The molecule has 5 nitrogen and oxygen atoms in total. The molecule has 18 heavy (non-hydrogen) atoms. The molecule has 5 heteroatoms. The zero-order valence-electron chi connectivity index (χ0n) is 10.2. The number of hydrogen-bond acceptors (Lipinski definition) is 3. The second-order valence-corrected chi connectivity index (χ2v) is 4.48. The summed E-state index contributed by atoms with van der Waals surface area (Å²) in [4.78, 5) is 11.8. The summed E-state index contributed by atoms with van der Waals surface area (Å²) >= 11 is 0. The van der Waals surface area contributed by atoms with Gasteiger partial charge in [0.1, 0.15) is 5.84 Å². The van der Waals surface area contributed by atoms with E-state index >= 15 is 0 Å². The van der Waals surface area contributed by atoms with Gasteiger partial charge >= 0.3 is 0 Å². The maximum absolute atomic E-state index is 11.8. The maximum Gasteiger partial charge on any atom is 0.237 e. The Bertz CT molecular complexity index is 435. The first-order chi connectivity index (χ1) is 8.66. The van der Waals surface area contributed by atoms with Crippen molar-refractivity contribution < 1.29 is 4.79 Å². The molecule has 0 spiro atoms. The quantitative estimate of drug-likeness (QED) is 0.456. The normalized spacial score (nSPS) is 18.6. The molecule has 96 valence electrons. The van der Waals surface area contributed by atoms with E-state index in [0.29, 0.717) is 12.1 Å². The van der Waals surface area contributed by atoms with Crippen LogP contribution in [0.1, 0.15) is 24.0 Å². The summed E-state index contributed by atoms with van der Waals surface area (Å²) in [5.41, 5.74) is 7.08. The second kappa shape index (κ2) is 5.64. The van der Waals surface area contributed by atoms with Crippen LogP contribution in [0.5, 0.6) is 0 Å². The molecule has 0 unspecified atom stereocenters. The van der Waals surface area contributed by atoms with Crippen LogP contribution in [0.4, 0.5) is 0 Å². The van der Waals surface area contributed by atoms with Crippen LogP contribution in [-0.2, 0) is 11.3 Å². The van der Waals surface area contributed by atoms with Crippen LogP contribution in [0.3, 0.4) is 0 Å². The van der Waals surface area contributed by atoms with Gasteiger partial charge in [-0.1, -0.05) is 24.3 Å². The topological polar surface area (TPSA) is 91.0 Å². The molecule has 1 heterocycles. The third-order valence-electron chi connectivity index (χ3n) is 3.11. The molecular formula is C13H18N4O. The highest BCUT2D eigenvalue weighted by Gasteiger charge is 2.21. The van der Waals surface area contributed by atoms with Gasteiger partial charge in [-0.05, 0) is 24.9 Å². The summed E-state index contributed by atoms with van der Waals surface area (Å²) in [6.45, 7) is 1.43. The minimum atomic E-state index is -0.0403. The predicted octanol–water partition coefficient (Wildman–Crippen LogP) is 0.339. The van der Waals surface area contributed by atoms with Crippen LogP contribution in [-0.4, -0.2) is 24.3 Å². The summed E-state index contributed by atoms with van der Waals surface area (Å²) in [6.07, 6.45) is 1.97. The highest BCUT2D eigenvalue weighted by Crippen LogP contribution is 2.06. The van der Waals surface area contributed by atoms with Gasteiger partial charge in [-0.15, -0.1) is 0 Å². The van der Waals surface area contributed by atoms with Crippen LogP contribution < -0.4 is 16.4 Å². The molecule has 5 N–H and O–H groups in total. The third-order valence-corrected chi connectivity index (χ3v) is 3.11. The van der Waals surface area contributed by atoms with Gasteiger partial charge in [-0.25, -0.2) is 0 Å².